The third-order valence-electron chi connectivity index (χ3n) is 3.75. The Labute approximate surface area is 124 Å². The van der Waals surface area contributed by atoms with Crippen LogP contribution in [0.15, 0.2) is 29.4 Å². The van der Waals surface area contributed by atoms with Crippen LogP contribution in [0.3, 0.4) is 0 Å². The van der Waals surface area contributed by atoms with E-state index in [1.165, 1.54) is 6.42 Å². The summed E-state index contributed by atoms with van der Waals surface area (Å²) in [4.78, 5) is 14.0. The molecule has 1 aliphatic rings. The van der Waals surface area contributed by atoms with Gasteiger partial charge < -0.3 is 21.2 Å². The molecule has 0 aliphatic carbocycles. The van der Waals surface area contributed by atoms with Crippen molar-refractivity contribution in [1.29, 1.82) is 0 Å². The van der Waals surface area contributed by atoms with Gasteiger partial charge in [-0.3, -0.25) is 0 Å². The van der Waals surface area contributed by atoms with Crippen LogP contribution in [-0.2, 0) is 6.54 Å². The molecule has 1 heterocycles. The normalized spacial score (nSPS) is 19.4. The number of nitrogens with one attached hydrogen (secondary N) is 1. The van der Waals surface area contributed by atoms with E-state index < -0.39 is 0 Å². The second-order valence-corrected chi connectivity index (χ2v) is 5.53. The largest absolute Gasteiger partial charge is 0.409 e. The van der Waals surface area contributed by atoms with Crippen LogP contribution in [0, 0.1) is 5.92 Å². The molecule has 0 bridgehead atoms. The van der Waals surface area contributed by atoms with Gasteiger partial charge in [-0.15, -0.1) is 0 Å². The highest BCUT2D eigenvalue weighted by molar-refractivity contribution is 5.96. The molecule has 0 saturated carbocycles. The summed E-state index contributed by atoms with van der Waals surface area (Å²) in [6.07, 6.45) is 2.27. The lowest BCUT2D eigenvalue weighted by atomic mass is 10.0. The number of piperidine rings is 1. The fourth-order valence-electron chi connectivity index (χ4n) is 2.51. The first-order chi connectivity index (χ1) is 10.1. The molecule has 6 heteroatoms. The third kappa shape index (κ3) is 4.11. The number of benzene rings is 1. The number of urea groups is 1. The predicted octanol–water partition coefficient (Wildman–Crippen LogP) is 1.72. The number of oxime groups is 1. The summed E-state index contributed by atoms with van der Waals surface area (Å²) >= 11 is 0. The second kappa shape index (κ2) is 6.97. The molecule has 1 saturated heterocycles. The Morgan fingerprint density at radius 3 is 2.81 bits per heavy atom. The van der Waals surface area contributed by atoms with E-state index >= 15 is 0 Å². The molecule has 0 radical (unpaired) electrons. The first-order valence-electron chi connectivity index (χ1n) is 7.19. The minimum atomic E-state index is -0.0120. The van der Waals surface area contributed by atoms with Crippen molar-refractivity contribution < 1.29 is 10.0 Å². The van der Waals surface area contributed by atoms with Crippen LogP contribution in [0.4, 0.5) is 4.79 Å². The van der Waals surface area contributed by atoms with Crippen molar-refractivity contribution in [2.45, 2.75) is 26.3 Å². The number of amides is 2. The summed E-state index contributed by atoms with van der Waals surface area (Å²) < 4.78 is 0. The van der Waals surface area contributed by atoms with Crippen LogP contribution < -0.4 is 11.1 Å². The number of carbonyl (C=O) groups excluding carboxylic acids is 1. The van der Waals surface area contributed by atoms with E-state index in [0.29, 0.717) is 18.0 Å². The second-order valence-electron chi connectivity index (χ2n) is 5.53. The number of amidine groups is 1. The van der Waals surface area contributed by atoms with Gasteiger partial charge in [-0.05, 0) is 24.3 Å². The summed E-state index contributed by atoms with van der Waals surface area (Å²) in [6.45, 7) is 4.30. The number of hydrogen-bond donors (Lipinski definition) is 3. The third-order valence-corrected chi connectivity index (χ3v) is 3.75. The molecule has 21 heavy (non-hydrogen) atoms. The summed E-state index contributed by atoms with van der Waals surface area (Å²) in [5.41, 5.74) is 7.13. The molecular formula is C15H22N4O2. The zero-order valence-corrected chi connectivity index (χ0v) is 12.2. The van der Waals surface area contributed by atoms with Gasteiger partial charge in [0, 0.05) is 25.2 Å². The van der Waals surface area contributed by atoms with Crippen molar-refractivity contribution in [2.24, 2.45) is 16.8 Å². The molecule has 6 nitrogen and oxygen atoms in total. The van der Waals surface area contributed by atoms with Crippen molar-refractivity contribution in [1.82, 2.24) is 10.2 Å². The van der Waals surface area contributed by atoms with E-state index in [9.17, 15) is 4.79 Å². The van der Waals surface area contributed by atoms with Crippen molar-refractivity contribution in [3.05, 3.63) is 35.4 Å². The molecule has 1 atom stereocenters. The van der Waals surface area contributed by atoms with Crippen LogP contribution in [0.5, 0.6) is 0 Å². The molecular weight excluding hydrogens is 268 g/mol. The Bertz CT molecular complexity index is 513. The van der Waals surface area contributed by atoms with Crippen LogP contribution in [-0.4, -0.2) is 35.1 Å². The Hall–Kier alpha value is -2.24. The van der Waals surface area contributed by atoms with E-state index in [1.807, 2.05) is 17.0 Å². The molecule has 4 N–H and O–H groups in total. The molecule has 1 unspecified atom stereocenters. The zero-order valence-electron chi connectivity index (χ0n) is 12.2. The van der Waals surface area contributed by atoms with Gasteiger partial charge in [0.1, 0.15) is 0 Å². The molecule has 1 aromatic carbocycles. The van der Waals surface area contributed by atoms with Gasteiger partial charge in [-0.2, -0.15) is 0 Å². The van der Waals surface area contributed by atoms with E-state index in [-0.39, 0.29) is 11.9 Å². The van der Waals surface area contributed by atoms with Gasteiger partial charge in [0.2, 0.25) is 0 Å². The van der Waals surface area contributed by atoms with Gasteiger partial charge in [-0.25, -0.2) is 4.79 Å². The maximum absolute atomic E-state index is 12.1. The average molecular weight is 290 g/mol. The van der Waals surface area contributed by atoms with Crippen LogP contribution in [0.1, 0.15) is 30.9 Å². The summed E-state index contributed by atoms with van der Waals surface area (Å²) in [6, 6.07) is 7.22. The Kier molecular flexibility index (Phi) is 5.03. The zero-order chi connectivity index (χ0) is 15.2. The van der Waals surface area contributed by atoms with Gasteiger partial charge in [0.15, 0.2) is 5.84 Å². The van der Waals surface area contributed by atoms with Crippen LogP contribution in [0.2, 0.25) is 0 Å². The molecule has 2 rings (SSSR count). The smallest absolute Gasteiger partial charge is 0.317 e. The Balaban J connectivity index is 1.86. The molecule has 1 aliphatic heterocycles. The van der Waals surface area contributed by atoms with Crippen molar-refractivity contribution >= 4 is 11.9 Å². The monoisotopic (exact) mass is 290 g/mol. The van der Waals surface area contributed by atoms with Gasteiger partial charge >= 0.3 is 6.03 Å². The molecule has 0 spiro atoms. The maximum atomic E-state index is 12.1. The fraction of sp³-hybridized carbons (Fsp3) is 0.467. The number of nitrogens with zero attached hydrogens (tertiary/aromatic N) is 2. The highest BCUT2D eigenvalue weighted by Crippen LogP contribution is 2.15. The number of likely N-dealkylation sites (tertiary alicyclic amines) is 1. The van der Waals surface area contributed by atoms with E-state index in [1.54, 1.807) is 12.1 Å². The fourth-order valence-corrected chi connectivity index (χ4v) is 2.51. The predicted molar refractivity (Wildman–Crippen MR) is 81.2 cm³/mol. The molecule has 2 amide bonds. The van der Waals surface area contributed by atoms with Gasteiger partial charge in [-0.1, -0.05) is 36.3 Å². The summed E-state index contributed by atoms with van der Waals surface area (Å²) in [5.74, 6) is 0.650. The first-order valence-corrected chi connectivity index (χ1v) is 7.19. The van der Waals surface area contributed by atoms with Crippen molar-refractivity contribution in [3.63, 3.8) is 0 Å². The standard InChI is InChI=1S/C15H22N4O2/c1-11-3-2-8-19(10-11)15(20)17-9-12-4-6-13(7-5-12)14(16)18-21/h4-7,11,21H,2-3,8-10H2,1H3,(H2,16,18)(H,17,20). The van der Waals surface area contributed by atoms with E-state index in [0.717, 1.165) is 25.1 Å². The number of rotatable bonds is 3. The van der Waals surface area contributed by atoms with Gasteiger partial charge in [0.25, 0.3) is 0 Å². The van der Waals surface area contributed by atoms with Crippen molar-refractivity contribution in [2.75, 3.05) is 13.1 Å². The Morgan fingerprint density at radius 2 is 2.19 bits per heavy atom. The highest BCUT2D eigenvalue weighted by Gasteiger charge is 2.20. The Morgan fingerprint density at radius 1 is 1.48 bits per heavy atom. The van der Waals surface area contributed by atoms with E-state index in [2.05, 4.69) is 17.4 Å². The minimum Gasteiger partial charge on any atom is -0.409 e. The quantitative estimate of drug-likeness (QED) is 0.342. The van der Waals surface area contributed by atoms with Crippen molar-refractivity contribution in [3.8, 4) is 0 Å². The lowest BCUT2D eigenvalue weighted by Gasteiger charge is -2.30. The molecule has 1 fully saturated rings. The maximum Gasteiger partial charge on any atom is 0.317 e. The first kappa shape index (κ1) is 15.2. The summed E-state index contributed by atoms with van der Waals surface area (Å²) in [5, 5.41) is 14.5. The van der Waals surface area contributed by atoms with Crippen LogP contribution in [0.25, 0.3) is 0 Å². The summed E-state index contributed by atoms with van der Waals surface area (Å²) in [7, 11) is 0. The lowest BCUT2D eigenvalue weighted by Crippen LogP contribution is -2.44. The SMILES string of the molecule is CC1CCCN(C(=O)NCc2ccc(C(N)=NO)cc2)C1. The number of carbonyl (C=O) groups is 1. The molecule has 114 valence electrons. The molecule has 0 aromatic heterocycles. The lowest BCUT2D eigenvalue weighted by molar-refractivity contribution is 0.169. The van der Waals surface area contributed by atoms with E-state index in [4.69, 9.17) is 10.9 Å². The average Bonchev–Trinajstić information content (AvgIpc) is 2.52. The topological polar surface area (TPSA) is 91.0 Å². The highest BCUT2D eigenvalue weighted by atomic mass is 16.4. The van der Waals surface area contributed by atoms with Gasteiger partial charge in [0.05, 0.1) is 0 Å². The number of hydrogen-bond acceptors (Lipinski definition) is 3. The minimum absolute atomic E-state index is 0.0120. The molecule has 1 aromatic rings. The number of nitrogens with two attached hydrogens (primary N) is 1. The van der Waals surface area contributed by atoms with Crippen LogP contribution >= 0.6 is 0 Å².